The van der Waals surface area contributed by atoms with E-state index in [1.807, 2.05) is 31.2 Å². The van der Waals surface area contributed by atoms with Gasteiger partial charge < -0.3 is 0 Å². The average molecular weight is 263 g/mol. The van der Waals surface area contributed by atoms with Crippen LogP contribution in [0, 0.1) is 6.92 Å². The van der Waals surface area contributed by atoms with Gasteiger partial charge in [0.05, 0.1) is 0 Å². The van der Waals surface area contributed by atoms with Crippen LogP contribution in [0.25, 0.3) is 5.57 Å². The van der Waals surface area contributed by atoms with Crippen molar-refractivity contribution in [3.05, 3.63) is 65.4 Å². The van der Waals surface area contributed by atoms with E-state index < -0.39 is 11.9 Å². The minimum Gasteiger partial charge on any atom is -0.252 e. The predicted octanol–water partition coefficient (Wildman–Crippen LogP) is 4.47. The molecule has 0 fully saturated rings. The molecular weight excluding hydrogens is 251 g/mol. The highest BCUT2D eigenvalue weighted by Gasteiger charge is 2.33. The van der Waals surface area contributed by atoms with Crippen LogP contribution < -0.4 is 0 Å². The van der Waals surface area contributed by atoms with Gasteiger partial charge in [-0.25, -0.2) is 0 Å². The largest absolute Gasteiger partial charge is 0.433 e. The van der Waals surface area contributed by atoms with Crippen LogP contribution in [0.3, 0.4) is 0 Å². The Labute approximate surface area is 109 Å². The maximum atomic E-state index is 12.6. The maximum absolute atomic E-state index is 12.6. The summed E-state index contributed by atoms with van der Waals surface area (Å²) < 4.78 is 37.9. The minimum atomic E-state index is -4.44. The van der Waals surface area contributed by atoms with Crippen LogP contribution >= 0.6 is 0 Å². The lowest BCUT2D eigenvalue weighted by atomic mass is 9.99. The van der Waals surface area contributed by atoms with Gasteiger partial charge in [0.1, 0.15) is 5.70 Å². The number of benzene rings is 1. The van der Waals surface area contributed by atoms with Gasteiger partial charge in [0, 0.05) is 6.21 Å². The van der Waals surface area contributed by atoms with Crippen molar-refractivity contribution in [3.63, 3.8) is 0 Å². The summed E-state index contributed by atoms with van der Waals surface area (Å²) in [6.45, 7) is 1.92. The topological polar surface area (TPSA) is 12.4 Å². The predicted molar refractivity (Wildman–Crippen MR) is 70.9 cm³/mol. The number of hydrogen-bond acceptors (Lipinski definition) is 1. The summed E-state index contributed by atoms with van der Waals surface area (Å²) in [6, 6.07) is 7.55. The average Bonchev–Trinajstić information content (AvgIpc) is 2.28. The van der Waals surface area contributed by atoms with Crippen molar-refractivity contribution < 1.29 is 13.2 Å². The lowest BCUT2D eigenvalue weighted by Crippen LogP contribution is -2.10. The standard InChI is InChI=1S/C15H12F3N/c1-11-5-2-3-7-13(11)12-6-4-10-19-14(9-8-12)15(16,17)18/h2-10H,1H3/b6-4?,9-8?,10-4?,12-6?,12-8?,14-9-,19-10?,19-14?. The highest BCUT2D eigenvalue weighted by atomic mass is 19.4. The van der Waals surface area contributed by atoms with Crippen LogP contribution in [0.2, 0.25) is 0 Å². The molecule has 0 saturated heterocycles. The number of allylic oxidation sites excluding steroid dienone is 6. The molecule has 0 aromatic heterocycles. The van der Waals surface area contributed by atoms with Gasteiger partial charge in [0.15, 0.2) is 0 Å². The summed E-state index contributed by atoms with van der Waals surface area (Å²) in [4.78, 5) is 3.38. The third-order valence-corrected chi connectivity index (χ3v) is 2.74. The zero-order valence-electron chi connectivity index (χ0n) is 10.3. The Bertz CT molecular complexity index is 590. The molecular formula is C15H12F3N. The molecule has 0 unspecified atom stereocenters. The van der Waals surface area contributed by atoms with E-state index in [0.29, 0.717) is 0 Å². The molecule has 0 bridgehead atoms. The molecule has 2 rings (SSSR count). The van der Waals surface area contributed by atoms with E-state index in [9.17, 15) is 13.2 Å². The molecule has 0 aliphatic carbocycles. The van der Waals surface area contributed by atoms with Gasteiger partial charge in [-0.15, -0.1) is 0 Å². The molecule has 1 aliphatic heterocycles. The van der Waals surface area contributed by atoms with Crippen LogP contribution in [-0.4, -0.2) is 12.4 Å². The Balaban J connectivity index is 2.45. The summed E-state index contributed by atoms with van der Waals surface area (Å²) in [7, 11) is 0. The second-order valence-corrected chi connectivity index (χ2v) is 4.12. The number of halogens is 3. The van der Waals surface area contributed by atoms with Gasteiger partial charge in [0.2, 0.25) is 0 Å². The van der Waals surface area contributed by atoms with Crippen LogP contribution in [0.1, 0.15) is 11.1 Å². The molecule has 4 heteroatoms. The summed E-state index contributed by atoms with van der Waals surface area (Å²) in [5.41, 5.74) is 1.75. The van der Waals surface area contributed by atoms with Crippen molar-refractivity contribution >= 4 is 11.8 Å². The van der Waals surface area contributed by atoms with E-state index in [4.69, 9.17) is 0 Å². The summed E-state index contributed by atoms with van der Waals surface area (Å²) in [5.74, 6) is 0. The van der Waals surface area contributed by atoms with Gasteiger partial charge in [-0.1, -0.05) is 36.4 Å². The molecule has 0 atom stereocenters. The van der Waals surface area contributed by atoms with Gasteiger partial charge in [-0.05, 0) is 35.8 Å². The van der Waals surface area contributed by atoms with Crippen LogP contribution in [0.15, 0.2) is 59.3 Å². The highest BCUT2D eigenvalue weighted by Crippen LogP contribution is 2.28. The van der Waals surface area contributed by atoms with Crippen LogP contribution in [0.4, 0.5) is 13.2 Å². The first-order chi connectivity index (χ1) is 8.98. The number of aryl methyl sites for hydroxylation is 1. The monoisotopic (exact) mass is 263 g/mol. The number of aliphatic imine (C=N–C) groups is 1. The van der Waals surface area contributed by atoms with Crippen molar-refractivity contribution in [2.45, 2.75) is 13.1 Å². The Morgan fingerprint density at radius 1 is 1.05 bits per heavy atom. The van der Waals surface area contributed by atoms with Crippen molar-refractivity contribution in [1.29, 1.82) is 0 Å². The molecule has 0 radical (unpaired) electrons. The summed E-state index contributed by atoms with van der Waals surface area (Å²) in [5, 5.41) is 0. The quantitative estimate of drug-likeness (QED) is 0.709. The van der Waals surface area contributed by atoms with Crippen LogP contribution in [0.5, 0.6) is 0 Å². The molecule has 1 aromatic rings. The molecule has 0 spiro atoms. The van der Waals surface area contributed by atoms with Gasteiger partial charge in [0.25, 0.3) is 0 Å². The molecule has 1 aromatic carbocycles. The van der Waals surface area contributed by atoms with Crippen molar-refractivity contribution in [2.24, 2.45) is 4.99 Å². The van der Waals surface area contributed by atoms with E-state index in [2.05, 4.69) is 4.99 Å². The lowest BCUT2D eigenvalue weighted by Gasteiger charge is -2.09. The van der Waals surface area contributed by atoms with E-state index in [0.717, 1.165) is 29.0 Å². The maximum Gasteiger partial charge on any atom is 0.433 e. The molecule has 1 heterocycles. The zero-order chi connectivity index (χ0) is 13.9. The number of rotatable bonds is 1. The first-order valence-electron chi connectivity index (χ1n) is 5.74. The first-order valence-corrected chi connectivity index (χ1v) is 5.74. The van der Waals surface area contributed by atoms with E-state index in [1.54, 1.807) is 6.08 Å². The van der Waals surface area contributed by atoms with Gasteiger partial charge in [-0.2, -0.15) is 13.2 Å². The molecule has 98 valence electrons. The van der Waals surface area contributed by atoms with Crippen molar-refractivity contribution in [3.8, 4) is 0 Å². The Kier molecular flexibility index (Phi) is 3.69. The molecule has 19 heavy (non-hydrogen) atoms. The Morgan fingerprint density at radius 3 is 2.47 bits per heavy atom. The zero-order valence-corrected chi connectivity index (χ0v) is 10.3. The number of alkyl halides is 3. The Morgan fingerprint density at radius 2 is 1.79 bits per heavy atom. The number of hydrogen-bond donors (Lipinski definition) is 0. The summed E-state index contributed by atoms with van der Waals surface area (Å²) in [6.07, 6.45) is 2.42. The fourth-order valence-corrected chi connectivity index (χ4v) is 1.78. The third-order valence-electron chi connectivity index (χ3n) is 2.74. The minimum absolute atomic E-state index is 0.728. The van der Waals surface area contributed by atoms with Crippen molar-refractivity contribution in [2.75, 3.05) is 0 Å². The second-order valence-electron chi connectivity index (χ2n) is 4.12. The fourth-order valence-electron chi connectivity index (χ4n) is 1.78. The van der Waals surface area contributed by atoms with Gasteiger partial charge >= 0.3 is 6.18 Å². The highest BCUT2D eigenvalue weighted by molar-refractivity contribution is 5.84. The first kappa shape index (κ1) is 13.3. The second kappa shape index (κ2) is 5.26. The van der Waals surface area contributed by atoms with Crippen molar-refractivity contribution in [1.82, 2.24) is 0 Å². The van der Waals surface area contributed by atoms with E-state index >= 15 is 0 Å². The summed E-state index contributed by atoms with van der Waals surface area (Å²) >= 11 is 0. The molecule has 1 nitrogen and oxygen atoms in total. The smallest absolute Gasteiger partial charge is 0.252 e. The van der Waals surface area contributed by atoms with Gasteiger partial charge in [-0.3, -0.25) is 4.99 Å². The third kappa shape index (κ3) is 3.22. The Hall–Kier alpha value is -2.10. The molecule has 0 amide bonds. The number of nitrogens with zero attached hydrogens (tertiary/aromatic N) is 1. The normalized spacial score (nSPS) is 18.3. The lowest BCUT2D eigenvalue weighted by molar-refractivity contribution is -0.0922. The SMILES string of the molecule is Cc1ccccc1C1=C/C=C(/C(F)(F)F)N=CC=C1. The molecule has 0 saturated carbocycles. The molecule has 1 aliphatic rings. The van der Waals surface area contributed by atoms with Crippen LogP contribution in [-0.2, 0) is 0 Å². The fraction of sp³-hybridized carbons (Fsp3) is 0.133. The molecule has 0 N–H and O–H groups in total. The van der Waals surface area contributed by atoms with E-state index in [1.165, 1.54) is 12.2 Å². The van der Waals surface area contributed by atoms with E-state index in [-0.39, 0.29) is 0 Å².